The number of hydrogen-bond acceptors (Lipinski definition) is 4. The van der Waals surface area contributed by atoms with Crippen LogP contribution in [0, 0.1) is 5.82 Å². The van der Waals surface area contributed by atoms with E-state index in [2.05, 4.69) is 9.88 Å². The van der Waals surface area contributed by atoms with Crippen molar-refractivity contribution in [2.24, 2.45) is 0 Å². The highest BCUT2D eigenvalue weighted by Crippen LogP contribution is 2.19. The Morgan fingerprint density at radius 3 is 2.37 bits per heavy atom. The Bertz CT molecular complexity index is 1180. The third kappa shape index (κ3) is 3.60. The number of nitrogens with zero attached hydrogens (tertiary/aromatic N) is 3. The zero-order valence-corrected chi connectivity index (χ0v) is 16.7. The maximum atomic E-state index is 13.2. The van der Waals surface area contributed by atoms with Crippen LogP contribution in [-0.2, 0) is 4.79 Å². The average molecular weight is 410 g/mol. The Morgan fingerprint density at radius 1 is 1.03 bits per heavy atom. The van der Waals surface area contributed by atoms with Crippen LogP contribution in [0.4, 0.5) is 10.1 Å². The molecule has 0 saturated carbocycles. The number of carbonyl (C=O) groups is 1. The normalized spacial score (nSPS) is 15.4. The van der Waals surface area contributed by atoms with E-state index < -0.39 is 17.3 Å². The zero-order chi connectivity index (χ0) is 21.3. The van der Waals surface area contributed by atoms with Crippen molar-refractivity contribution in [1.29, 1.82) is 0 Å². The van der Waals surface area contributed by atoms with Gasteiger partial charge in [-0.1, -0.05) is 19.1 Å². The first kappa shape index (κ1) is 19.9. The van der Waals surface area contributed by atoms with Crippen molar-refractivity contribution < 1.29 is 9.18 Å². The molecule has 2 aromatic carbocycles. The summed E-state index contributed by atoms with van der Waals surface area (Å²) in [6.45, 7) is 3.91. The Kier molecular flexibility index (Phi) is 5.39. The number of H-pyrrole nitrogens is 1. The molecule has 0 radical (unpaired) electrons. The fourth-order valence-electron chi connectivity index (χ4n) is 3.97. The van der Waals surface area contributed by atoms with E-state index in [9.17, 15) is 18.8 Å². The van der Waals surface area contributed by atoms with Gasteiger partial charge in [-0.2, -0.15) is 0 Å². The molecule has 30 heavy (non-hydrogen) atoms. The van der Waals surface area contributed by atoms with Crippen molar-refractivity contribution in [2.75, 3.05) is 31.1 Å². The monoisotopic (exact) mass is 410 g/mol. The third-order valence-corrected chi connectivity index (χ3v) is 5.60. The van der Waals surface area contributed by atoms with Crippen LogP contribution in [0.2, 0.25) is 0 Å². The van der Waals surface area contributed by atoms with Gasteiger partial charge >= 0.3 is 5.69 Å². The van der Waals surface area contributed by atoms with Gasteiger partial charge < -0.3 is 14.8 Å². The van der Waals surface area contributed by atoms with Gasteiger partial charge in [0.1, 0.15) is 11.9 Å². The molecule has 7 nitrogen and oxygen atoms in total. The van der Waals surface area contributed by atoms with Gasteiger partial charge in [-0.05, 0) is 42.8 Å². The van der Waals surface area contributed by atoms with Gasteiger partial charge in [0, 0.05) is 31.9 Å². The maximum Gasteiger partial charge on any atom is 0.329 e. The van der Waals surface area contributed by atoms with Gasteiger partial charge in [-0.15, -0.1) is 0 Å². The minimum Gasteiger partial charge on any atom is -0.368 e. The average Bonchev–Trinajstić information content (AvgIpc) is 2.77. The summed E-state index contributed by atoms with van der Waals surface area (Å²) in [5.74, 6) is -0.525. The number of aromatic nitrogens is 2. The lowest BCUT2D eigenvalue weighted by atomic mass is 10.1. The highest BCUT2D eigenvalue weighted by molar-refractivity contribution is 5.82. The van der Waals surface area contributed by atoms with Crippen LogP contribution in [0.15, 0.2) is 58.1 Å². The molecule has 1 aromatic heterocycles. The van der Waals surface area contributed by atoms with Crippen LogP contribution < -0.4 is 16.1 Å². The largest absolute Gasteiger partial charge is 0.368 e. The fourth-order valence-corrected chi connectivity index (χ4v) is 3.97. The number of piperazine rings is 1. The van der Waals surface area contributed by atoms with Gasteiger partial charge in [0.15, 0.2) is 0 Å². The number of para-hydroxylation sites is 1. The molecule has 8 heteroatoms. The molecule has 0 unspecified atom stereocenters. The molecule has 0 spiro atoms. The number of nitrogens with one attached hydrogen (secondary N) is 1. The Hall–Kier alpha value is -3.42. The third-order valence-electron chi connectivity index (χ3n) is 5.60. The van der Waals surface area contributed by atoms with E-state index in [1.807, 2.05) is 0 Å². The van der Waals surface area contributed by atoms with Crippen molar-refractivity contribution in [3.8, 4) is 0 Å². The molecule has 0 bridgehead atoms. The lowest BCUT2D eigenvalue weighted by Crippen LogP contribution is -2.52. The van der Waals surface area contributed by atoms with Crippen molar-refractivity contribution in [1.82, 2.24) is 14.5 Å². The number of hydrogen-bond donors (Lipinski definition) is 1. The first-order valence-electron chi connectivity index (χ1n) is 10.0. The summed E-state index contributed by atoms with van der Waals surface area (Å²) in [5.41, 5.74) is 0.319. The molecule has 4 rings (SSSR count). The molecule has 3 aromatic rings. The van der Waals surface area contributed by atoms with Crippen LogP contribution in [0.3, 0.4) is 0 Å². The Morgan fingerprint density at radius 2 is 1.70 bits per heavy atom. The molecule has 156 valence electrons. The number of carbonyl (C=O) groups excluding carboxylic acids is 1. The topological polar surface area (TPSA) is 78.4 Å². The number of rotatable bonds is 4. The predicted molar refractivity (Wildman–Crippen MR) is 113 cm³/mol. The molecule has 1 saturated heterocycles. The smallest absolute Gasteiger partial charge is 0.329 e. The lowest BCUT2D eigenvalue weighted by Gasteiger charge is -2.37. The van der Waals surface area contributed by atoms with Gasteiger partial charge in [0.25, 0.3) is 5.56 Å². The summed E-state index contributed by atoms with van der Waals surface area (Å²) in [5, 5.41) is 0.379. The summed E-state index contributed by atoms with van der Waals surface area (Å²) in [6.07, 6.45) is 0.332. The number of aromatic amines is 1. The number of amides is 1. The fraction of sp³-hybridized carbons (Fsp3) is 0.318. The second-order valence-corrected chi connectivity index (χ2v) is 7.36. The highest BCUT2D eigenvalue weighted by atomic mass is 19.1. The first-order chi connectivity index (χ1) is 14.5. The molecule has 1 fully saturated rings. The van der Waals surface area contributed by atoms with E-state index >= 15 is 0 Å². The van der Waals surface area contributed by atoms with Crippen LogP contribution >= 0.6 is 0 Å². The number of halogens is 1. The molecule has 0 aliphatic carbocycles. The maximum absolute atomic E-state index is 13.2. The van der Waals surface area contributed by atoms with E-state index in [0.717, 1.165) is 10.3 Å². The lowest BCUT2D eigenvalue weighted by molar-refractivity contribution is -0.135. The quantitative estimate of drug-likeness (QED) is 0.715. The van der Waals surface area contributed by atoms with E-state index in [-0.39, 0.29) is 11.7 Å². The molecule has 1 aliphatic heterocycles. The SMILES string of the molecule is CC[C@H](C(=O)N1CCN(c2ccc(F)cc2)CC1)n1c(=O)[nH]c2ccccc2c1=O. The van der Waals surface area contributed by atoms with Crippen LogP contribution in [0.25, 0.3) is 10.9 Å². The van der Waals surface area contributed by atoms with Gasteiger partial charge in [0.2, 0.25) is 5.91 Å². The molecule has 1 atom stereocenters. The summed E-state index contributed by atoms with van der Waals surface area (Å²) in [7, 11) is 0. The minimum atomic E-state index is -0.858. The number of benzene rings is 2. The van der Waals surface area contributed by atoms with E-state index in [1.54, 1.807) is 48.2 Å². The summed E-state index contributed by atoms with van der Waals surface area (Å²) < 4.78 is 14.2. The minimum absolute atomic E-state index is 0.237. The van der Waals surface area contributed by atoms with Gasteiger partial charge in [0.05, 0.1) is 10.9 Å². The second-order valence-electron chi connectivity index (χ2n) is 7.36. The van der Waals surface area contributed by atoms with Crippen LogP contribution in [0.5, 0.6) is 0 Å². The van der Waals surface area contributed by atoms with Crippen LogP contribution in [0.1, 0.15) is 19.4 Å². The van der Waals surface area contributed by atoms with Crippen molar-refractivity contribution >= 4 is 22.5 Å². The summed E-state index contributed by atoms with van der Waals surface area (Å²) in [6, 6.07) is 12.2. The predicted octanol–water partition coefficient (Wildman–Crippen LogP) is 2.13. The zero-order valence-electron chi connectivity index (χ0n) is 16.7. The second kappa shape index (κ2) is 8.14. The van der Waals surface area contributed by atoms with Gasteiger partial charge in [-0.25, -0.2) is 13.8 Å². The Balaban J connectivity index is 1.56. The van der Waals surface area contributed by atoms with E-state index in [1.165, 1.54) is 12.1 Å². The Labute approximate surface area is 172 Å². The molecule has 1 N–H and O–H groups in total. The highest BCUT2D eigenvalue weighted by Gasteiger charge is 2.30. The number of fused-ring (bicyclic) bond motifs is 1. The standard InChI is InChI=1S/C22H23FN4O3/c1-2-19(27-20(28)17-5-3-4-6-18(17)24-22(27)30)21(29)26-13-11-25(12-14-26)16-9-7-15(23)8-10-16/h3-10,19H,2,11-14H2,1H3,(H,24,30)/t19-/m1/s1. The first-order valence-corrected chi connectivity index (χ1v) is 10.0. The molecular weight excluding hydrogens is 387 g/mol. The summed E-state index contributed by atoms with van der Waals surface area (Å²) >= 11 is 0. The molecule has 2 heterocycles. The molecule has 1 aliphatic rings. The van der Waals surface area contributed by atoms with E-state index in [0.29, 0.717) is 43.5 Å². The number of anilines is 1. The van der Waals surface area contributed by atoms with Crippen LogP contribution in [-0.4, -0.2) is 46.5 Å². The summed E-state index contributed by atoms with van der Waals surface area (Å²) in [4.78, 5) is 45.2. The van der Waals surface area contributed by atoms with Crippen molar-refractivity contribution in [3.63, 3.8) is 0 Å². The van der Waals surface area contributed by atoms with Gasteiger partial charge in [-0.3, -0.25) is 9.59 Å². The molecular formula is C22H23FN4O3. The molecule has 1 amide bonds. The van der Waals surface area contributed by atoms with Crippen molar-refractivity contribution in [2.45, 2.75) is 19.4 Å². The van der Waals surface area contributed by atoms with E-state index in [4.69, 9.17) is 0 Å². The van der Waals surface area contributed by atoms with Crippen molar-refractivity contribution in [3.05, 3.63) is 75.2 Å².